The third kappa shape index (κ3) is 4.15. The van der Waals surface area contributed by atoms with Crippen LogP contribution in [0.5, 0.6) is 0 Å². The average molecular weight is 416 g/mol. The van der Waals surface area contributed by atoms with Crippen molar-refractivity contribution in [3.05, 3.63) is 72.8 Å². The zero-order valence-electron chi connectivity index (χ0n) is 17.1. The van der Waals surface area contributed by atoms with E-state index in [1.165, 1.54) is 0 Å². The van der Waals surface area contributed by atoms with E-state index < -0.39 is 0 Å². The molecular weight excluding hydrogens is 392 g/mol. The van der Waals surface area contributed by atoms with Crippen molar-refractivity contribution in [1.82, 2.24) is 19.3 Å². The van der Waals surface area contributed by atoms with Crippen molar-refractivity contribution in [2.45, 2.75) is 13.1 Å². The molecule has 0 aliphatic carbocycles. The van der Waals surface area contributed by atoms with Gasteiger partial charge >= 0.3 is 0 Å². The van der Waals surface area contributed by atoms with Crippen LogP contribution in [0.4, 0.5) is 11.5 Å². The summed E-state index contributed by atoms with van der Waals surface area (Å²) < 4.78 is 9.23. The van der Waals surface area contributed by atoms with Gasteiger partial charge in [-0.05, 0) is 17.7 Å². The molecule has 1 fully saturated rings. The molecule has 1 N–H and O–H groups in total. The summed E-state index contributed by atoms with van der Waals surface area (Å²) in [7, 11) is 0. The van der Waals surface area contributed by atoms with E-state index in [1.54, 1.807) is 23.3 Å². The maximum absolute atomic E-state index is 12.7. The molecule has 0 bridgehead atoms. The molecule has 2 aromatic carbocycles. The topological polar surface area (TPSA) is 77.2 Å². The summed E-state index contributed by atoms with van der Waals surface area (Å²) in [4.78, 5) is 19.0. The molecule has 0 spiro atoms. The minimum atomic E-state index is -0.138. The zero-order valence-corrected chi connectivity index (χ0v) is 17.1. The number of ether oxygens (including phenoxy) is 1. The number of nitrogens with one attached hydrogen (secondary N) is 1. The van der Waals surface area contributed by atoms with Gasteiger partial charge in [0.25, 0.3) is 0 Å². The highest BCUT2D eigenvalue weighted by Gasteiger charge is 2.21. The van der Waals surface area contributed by atoms with Crippen LogP contribution in [0.1, 0.15) is 5.56 Å². The number of rotatable bonds is 6. The summed E-state index contributed by atoms with van der Waals surface area (Å²) in [6.45, 7) is 3.82. The third-order valence-electron chi connectivity index (χ3n) is 5.43. The van der Waals surface area contributed by atoms with Crippen LogP contribution >= 0.6 is 0 Å². The molecule has 158 valence electrons. The third-order valence-corrected chi connectivity index (χ3v) is 5.43. The van der Waals surface area contributed by atoms with Gasteiger partial charge in [0, 0.05) is 25.5 Å². The van der Waals surface area contributed by atoms with Crippen molar-refractivity contribution < 1.29 is 9.53 Å². The van der Waals surface area contributed by atoms with Gasteiger partial charge in [-0.2, -0.15) is 5.10 Å². The van der Waals surface area contributed by atoms with E-state index in [-0.39, 0.29) is 12.5 Å². The van der Waals surface area contributed by atoms with E-state index in [9.17, 15) is 4.79 Å². The fraction of sp³-hybridized carbons (Fsp3) is 0.261. The smallest absolute Gasteiger partial charge is 0.245 e. The largest absolute Gasteiger partial charge is 0.378 e. The van der Waals surface area contributed by atoms with E-state index in [0.29, 0.717) is 25.6 Å². The fourth-order valence-electron chi connectivity index (χ4n) is 3.96. The molecule has 2 aromatic heterocycles. The van der Waals surface area contributed by atoms with Crippen molar-refractivity contribution in [3.63, 3.8) is 0 Å². The lowest BCUT2D eigenvalue weighted by molar-refractivity contribution is -0.116. The van der Waals surface area contributed by atoms with Crippen LogP contribution in [0.25, 0.3) is 10.9 Å². The van der Waals surface area contributed by atoms with Crippen LogP contribution in [-0.4, -0.2) is 51.5 Å². The molecule has 0 atom stereocenters. The molecule has 1 amide bonds. The van der Waals surface area contributed by atoms with E-state index in [4.69, 9.17) is 9.84 Å². The molecule has 5 rings (SSSR count). The number of imidazole rings is 1. The predicted octanol–water partition coefficient (Wildman–Crippen LogP) is 2.76. The highest BCUT2D eigenvalue weighted by molar-refractivity contribution is 6.06. The van der Waals surface area contributed by atoms with Crippen molar-refractivity contribution in [1.29, 1.82) is 0 Å². The highest BCUT2D eigenvalue weighted by atomic mass is 16.5. The van der Waals surface area contributed by atoms with Gasteiger partial charge in [-0.3, -0.25) is 9.48 Å². The first-order chi connectivity index (χ1) is 15.3. The number of amides is 1. The Labute approximate surface area is 180 Å². The van der Waals surface area contributed by atoms with Crippen molar-refractivity contribution in [2.24, 2.45) is 0 Å². The van der Waals surface area contributed by atoms with Gasteiger partial charge in [-0.15, -0.1) is 0 Å². The second-order valence-corrected chi connectivity index (χ2v) is 7.55. The molecule has 8 heteroatoms. The molecule has 1 saturated heterocycles. The molecule has 1 aliphatic rings. The first-order valence-electron chi connectivity index (χ1n) is 10.4. The molecule has 3 heterocycles. The number of aromatic nitrogens is 4. The Kier molecular flexibility index (Phi) is 5.37. The molecule has 8 nitrogen and oxygen atoms in total. The van der Waals surface area contributed by atoms with E-state index in [2.05, 4.69) is 39.5 Å². The van der Waals surface area contributed by atoms with Gasteiger partial charge in [0.2, 0.25) is 5.91 Å². The molecule has 0 radical (unpaired) electrons. The second kappa shape index (κ2) is 8.61. The Balaban J connectivity index is 1.53. The number of carbonyl (C=O) groups is 1. The van der Waals surface area contributed by atoms with Crippen LogP contribution in [0.2, 0.25) is 0 Å². The Hall–Kier alpha value is -3.65. The van der Waals surface area contributed by atoms with Crippen LogP contribution in [0.15, 0.2) is 67.3 Å². The lowest BCUT2D eigenvalue weighted by Gasteiger charge is -2.29. The molecule has 0 unspecified atom stereocenters. The van der Waals surface area contributed by atoms with Crippen molar-refractivity contribution in [2.75, 3.05) is 36.5 Å². The lowest BCUT2D eigenvalue weighted by Crippen LogP contribution is -2.36. The maximum atomic E-state index is 12.7. The van der Waals surface area contributed by atoms with Gasteiger partial charge in [0.15, 0.2) is 5.82 Å². The molecular formula is C23H24N6O2. The monoisotopic (exact) mass is 416 g/mol. The van der Waals surface area contributed by atoms with E-state index >= 15 is 0 Å². The SMILES string of the molecule is O=C(Cn1ccnc1)Nc1nn(Cc2ccccc2)c2cccc(N3CCOCC3)c12. The molecule has 4 aromatic rings. The number of carbonyl (C=O) groups excluding carboxylic acids is 1. The van der Waals surface area contributed by atoms with Crippen LogP contribution in [0.3, 0.4) is 0 Å². The van der Waals surface area contributed by atoms with Crippen molar-refractivity contribution in [3.8, 4) is 0 Å². The van der Waals surface area contributed by atoms with Crippen LogP contribution in [0, 0.1) is 0 Å². The lowest BCUT2D eigenvalue weighted by atomic mass is 10.1. The summed E-state index contributed by atoms with van der Waals surface area (Å²) in [5, 5.41) is 8.80. The fourth-order valence-corrected chi connectivity index (χ4v) is 3.96. The number of morpholine rings is 1. The Morgan fingerprint density at radius 2 is 1.90 bits per heavy atom. The van der Waals surface area contributed by atoms with Crippen molar-refractivity contribution >= 4 is 28.3 Å². The number of hydrogen-bond acceptors (Lipinski definition) is 5. The van der Waals surface area contributed by atoms with E-state index in [1.807, 2.05) is 28.9 Å². The van der Waals surface area contributed by atoms with Gasteiger partial charge < -0.3 is 19.5 Å². The summed E-state index contributed by atoms with van der Waals surface area (Å²) in [5.74, 6) is 0.444. The number of anilines is 2. The second-order valence-electron chi connectivity index (χ2n) is 7.55. The quantitative estimate of drug-likeness (QED) is 0.523. The van der Waals surface area contributed by atoms with Crippen LogP contribution in [-0.2, 0) is 22.6 Å². The normalized spacial score (nSPS) is 14.1. The Morgan fingerprint density at radius 1 is 1.06 bits per heavy atom. The summed E-state index contributed by atoms with van der Waals surface area (Å²) in [6.07, 6.45) is 5.06. The molecule has 0 saturated carbocycles. The average Bonchev–Trinajstić information content (AvgIpc) is 3.43. The molecule has 1 aliphatic heterocycles. The zero-order chi connectivity index (χ0) is 21.0. The number of nitrogens with zero attached hydrogens (tertiary/aromatic N) is 5. The van der Waals surface area contributed by atoms with Gasteiger partial charge in [0.1, 0.15) is 6.54 Å². The highest BCUT2D eigenvalue weighted by Crippen LogP contribution is 2.34. The van der Waals surface area contributed by atoms with Gasteiger partial charge in [0.05, 0.1) is 42.7 Å². The minimum Gasteiger partial charge on any atom is -0.378 e. The molecule has 31 heavy (non-hydrogen) atoms. The number of benzene rings is 2. The van der Waals surface area contributed by atoms with Gasteiger partial charge in [-0.1, -0.05) is 36.4 Å². The summed E-state index contributed by atoms with van der Waals surface area (Å²) in [5.41, 5.74) is 3.21. The minimum absolute atomic E-state index is 0.138. The maximum Gasteiger partial charge on any atom is 0.245 e. The summed E-state index contributed by atoms with van der Waals surface area (Å²) in [6, 6.07) is 16.4. The number of hydrogen-bond donors (Lipinski definition) is 1. The summed E-state index contributed by atoms with van der Waals surface area (Å²) >= 11 is 0. The predicted molar refractivity (Wildman–Crippen MR) is 119 cm³/mol. The standard InChI is InChI=1S/C23H24N6O2/c30-21(16-27-10-9-24-17-27)25-23-22-19(28-11-13-31-14-12-28)7-4-8-20(22)29(26-23)15-18-5-2-1-3-6-18/h1-10,17H,11-16H2,(H,25,26,30). The first-order valence-corrected chi connectivity index (χ1v) is 10.4. The van der Waals surface area contributed by atoms with Crippen LogP contribution < -0.4 is 10.2 Å². The van der Waals surface area contributed by atoms with Gasteiger partial charge in [-0.25, -0.2) is 4.98 Å². The number of fused-ring (bicyclic) bond motifs is 1. The first kappa shape index (κ1) is 19.3. The Bertz CT molecular complexity index is 1160. The van der Waals surface area contributed by atoms with E-state index in [0.717, 1.165) is 35.2 Å². The Morgan fingerprint density at radius 3 is 2.68 bits per heavy atom.